The smallest absolute Gasteiger partial charge is 0.282 e. The highest BCUT2D eigenvalue weighted by molar-refractivity contribution is 6.32. The van der Waals surface area contributed by atoms with Gasteiger partial charge < -0.3 is 0 Å². The fourth-order valence-corrected chi connectivity index (χ4v) is 1.88. The number of aldehydes is 1. The predicted octanol–water partition coefficient (Wildman–Crippen LogP) is 4.07. The number of halogens is 5. The maximum Gasteiger partial charge on any atom is 0.282 e. The number of benzene rings is 1. The topological polar surface area (TPSA) is 34.9 Å². The van der Waals surface area contributed by atoms with Gasteiger partial charge in [-0.1, -0.05) is 23.2 Å². The molecular weight excluding hydrogens is 304 g/mol. The zero-order chi connectivity index (χ0) is 14.2. The van der Waals surface area contributed by atoms with Gasteiger partial charge in [-0.25, -0.2) is 17.9 Å². The van der Waals surface area contributed by atoms with Gasteiger partial charge in [0.1, 0.15) is 16.7 Å². The highest BCUT2D eigenvalue weighted by Crippen LogP contribution is 2.29. The molecule has 2 aromatic rings. The van der Waals surface area contributed by atoms with Crippen LogP contribution in [0.15, 0.2) is 18.2 Å². The van der Waals surface area contributed by atoms with Gasteiger partial charge in [0, 0.05) is 6.07 Å². The third kappa shape index (κ3) is 2.46. The van der Waals surface area contributed by atoms with Crippen molar-refractivity contribution < 1.29 is 18.0 Å². The SMILES string of the molecule is O=Cc1c(C(F)F)nn(-c2ccc(Cl)c(F)c2)c1Cl. The minimum absolute atomic E-state index is 0.0851. The van der Waals surface area contributed by atoms with Crippen molar-refractivity contribution in [3.8, 4) is 5.69 Å². The standard InChI is InChI=1S/C11H5Cl2F3N2O/c12-7-2-1-5(3-8(7)14)18-10(13)6(4-19)9(17-18)11(15)16/h1-4,11H. The molecule has 19 heavy (non-hydrogen) atoms. The number of hydrogen-bond acceptors (Lipinski definition) is 2. The molecule has 3 nitrogen and oxygen atoms in total. The van der Waals surface area contributed by atoms with Crippen LogP contribution >= 0.6 is 23.2 Å². The van der Waals surface area contributed by atoms with Crippen LogP contribution in [0.25, 0.3) is 5.69 Å². The first kappa shape index (κ1) is 13.9. The van der Waals surface area contributed by atoms with E-state index < -0.39 is 23.5 Å². The summed E-state index contributed by atoms with van der Waals surface area (Å²) >= 11 is 11.3. The van der Waals surface area contributed by atoms with Crippen molar-refractivity contribution >= 4 is 29.5 Å². The quantitative estimate of drug-likeness (QED) is 0.801. The molecule has 0 aliphatic carbocycles. The van der Waals surface area contributed by atoms with Crippen LogP contribution in [0, 0.1) is 5.82 Å². The zero-order valence-corrected chi connectivity index (χ0v) is 10.6. The van der Waals surface area contributed by atoms with E-state index in [-0.39, 0.29) is 22.1 Å². The molecule has 0 spiro atoms. The van der Waals surface area contributed by atoms with Crippen molar-refractivity contribution in [3.05, 3.63) is 45.4 Å². The Labute approximate surface area is 115 Å². The first-order chi connectivity index (χ1) is 8.95. The summed E-state index contributed by atoms with van der Waals surface area (Å²) in [6, 6.07) is 3.55. The van der Waals surface area contributed by atoms with Gasteiger partial charge in [-0.2, -0.15) is 5.10 Å². The van der Waals surface area contributed by atoms with Gasteiger partial charge in [0.05, 0.1) is 16.3 Å². The van der Waals surface area contributed by atoms with Crippen molar-refractivity contribution in [3.63, 3.8) is 0 Å². The first-order valence-corrected chi connectivity index (χ1v) is 5.68. The fourth-order valence-electron chi connectivity index (χ4n) is 1.48. The summed E-state index contributed by atoms with van der Waals surface area (Å²) in [7, 11) is 0. The molecule has 0 saturated heterocycles. The maximum absolute atomic E-state index is 13.3. The number of rotatable bonds is 3. The highest BCUT2D eigenvalue weighted by atomic mass is 35.5. The third-order valence-corrected chi connectivity index (χ3v) is 3.03. The largest absolute Gasteiger partial charge is 0.298 e. The maximum atomic E-state index is 13.3. The second kappa shape index (κ2) is 5.22. The van der Waals surface area contributed by atoms with Gasteiger partial charge >= 0.3 is 0 Å². The van der Waals surface area contributed by atoms with E-state index in [0.29, 0.717) is 0 Å². The van der Waals surface area contributed by atoms with E-state index in [0.717, 1.165) is 10.7 Å². The van der Waals surface area contributed by atoms with Crippen molar-refractivity contribution in [2.45, 2.75) is 6.43 Å². The zero-order valence-electron chi connectivity index (χ0n) is 9.08. The Morgan fingerprint density at radius 3 is 2.47 bits per heavy atom. The molecule has 1 aromatic carbocycles. The molecule has 1 aromatic heterocycles. The van der Waals surface area contributed by atoms with E-state index in [2.05, 4.69) is 5.10 Å². The number of hydrogen-bond donors (Lipinski definition) is 0. The van der Waals surface area contributed by atoms with Crippen LogP contribution in [0.2, 0.25) is 10.2 Å². The van der Waals surface area contributed by atoms with E-state index in [4.69, 9.17) is 23.2 Å². The van der Waals surface area contributed by atoms with Gasteiger partial charge in [-0.3, -0.25) is 4.79 Å². The molecular formula is C11H5Cl2F3N2O. The van der Waals surface area contributed by atoms with Gasteiger partial charge in [-0.05, 0) is 12.1 Å². The summed E-state index contributed by atoms with van der Waals surface area (Å²) in [5.74, 6) is -0.753. The summed E-state index contributed by atoms with van der Waals surface area (Å²) < 4.78 is 39.5. The molecule has 0 aliphatic heterocycles. The minimum Gasteiger partial charge on any atom is -0.298 e. The molecule has 0 fully saturated rings. The lowest BCUT2D eigenvalue weighted by Gasteiger charge is -2.03. The van der Waals surface area contributed by atoms with Crippen LogP contribution in [0.4, 0.5) is 13.2 Å². The molecule has 100 valence electrons. The van der Waals surface area contributed by atoms with Crippen LogP contribution in [0.3, 0.4) is 0 Å². The van der Waals surface area contributed by atoms with Crippen molar-refractivity contribution in [1.82, 2.24) is 9.78 Å². The second-order valence-corrected chi connectivity index (χ2v) is 4.28. The minimum atomic E-state index is -2.96. The van der Waals surface area contributed by atoms with Crippen LogP contribution in [0.5, 0.6) is 0 Å². The van der Waals surface area contributed by atoms with E-state index in [1.807, 2.05) is 0 Å². The average molecular weight is 309 g/mol. The first-order valence-electron chi connectivity index (χ1n) is 4.93. The van der Waals surface area contributed by atoms with Gasteiger partial charge in [-0.15, -0.1) is 0 Å². The average Bonchev–Trinajstić information content (AvgIpc) is 2.70. The Hall–Kier alpha value is -1.53. The Morgan fingerprint density at radius 2 is 2.00 bits per heavy atom. The summed E-state index contributed by atoms with van der Waals surface area (Å²) in [4.78, 5) is 10.8. The van der Waals surface area contributed by atoms with E-state index >= 15 is 0 Å². The van der Waals surface area contributed by atoms with E-state index in [1.54, 1.807) is 0 Å². The molecule has 0 unspecified atom stereocenters. The number of alkyl halides is 2. The Balaban J connectivity index is 2.62. The molecule has 0 aliphatic rings. The van der Waals surface area contributed by atoms with Crippen LogP contribution in [-0.2, 0) is 0 Å². The van der Waals surface area contributed by atoms with Crippen molar-refractivity contribution in [2.24, 2.45) is 0 Å². The van der Waals surface area contributed by atoms with Crippen molar-refractivity contribution in [2.75, 3.05) is 0 Å². The number of carbonyl (C=O) groups is 1. The van der Waals surface area contributed by atoms with Gasteiger partial charge in [0.15, 0.2) is 6.29 Å². The molecule has 0 saturated carbocycles. The lowest BCUT2D eigenvalue weighted by atomic mass is 10.3. The van der Waals surface area contributed by atoms with Crippen LogP contribution in [0.1, 0.15) is 22.5 Å². The predicted molar refractivity (Wildman–Crippen MR) is 63.9 cm³/mol. The molecule has 8 heteroatoms. The number of aromatic nitrogens is 2. The number of carbonyl (C=O) groups excluding carboxylic acids is 1. The lowest BCUT2D eigenvalue weighted by molar-refractivity contribution is 0.110. The summed E-state index contributed by atoms with van der Waals surface area (Å²) in [6.45, 7) is 0. The van der Waals surface area contributed by atoms with Crippen molar-refractivity contribution in [1.29, 1.82) is 0 Å². The monoisotopic (exact) mass is 308 g/mol. The van der Waals surface area contributed by atoms with Crippen LogP contribution in [-0.4, -0.2) is 16.1 Å². The third-order valence-electron chi connectivity index (χ3n) is 2.36. The van der Waals surface area contributed by atoms with Gasteiger partial charge in [0.25, 0.3) is 6.43 Å². The Kier molecular flexibility index (Phi) is 3.82. The molecule has 0 bridgehead atoms. The Morgan fingerprint density at radius 1 is 1.32 bits per heavy atom. The van der Waals surface area contributed by atoms with E-state index in [1.165, 1.54) is 12.1 Å². The highest BCUT2D eigenvalue weighted by Gasteiger charge is 2.23. The second-order valence-electron chi connectivity index (χ2n) is 3.52. The van der Waals surface area contributed by atoms with Gasteiger partial charge in [0.2, 0.25) is 0 Å². The molecule has 1 heterocycles. The van der Waals surface area contributed by atoms with E-state index in [9.17, 15) is 18.0 Å². The molecule has 2 rings (SSSR count). The summed E-state index contributed by atoms with van der Waals surface area (Å²) in [6.07, 6.45) is -2.78. The normalized spacial score (nSPS) is 11.1. The van der Waals surface area contributed by atoms with Crippen LogP contribution < -0.4 is 0 Å². The molecule has 0 radical (unpaired) electrons. The lowest BCUT2D eigenvalue weighted by Crippen LogP contribution is -1.98. The fraction of sp³-hybridized carbons (Fsp3) is 0.0909. The summed E-state index contributed by atoms with van der Waals surface area (Å²) in [5, 5.41) is 3.07. The molecule has 0 amide bonds. The summed E-state index contributed by atoms with van der Waals surface area (Å²) in [5.41, 5.74) is -1.09. The Bertz CT molecular complexity index is 643. The molecule has 0 atom stereocenters. The number of nitrogens with zero attached hydrogens (tertiary/aromatic N) is 2. The molecule has 0 N–H and O–H groups in total.